The Balaban J connectivity index is 1.79. The molecule has 1 heterocycles. The molecule has 0 radical (unpaired) electrons. The fraction of sp³-hybridized carbons (Fsp3) is 1.00. The van der Waals surface area contributed by atoms with Gasteiger partial charge in [0.25, 0.3) is 0 Å². The van der Waals surface area contributed by atoms with Crippen molar-refractivity contribution in [3.8, 4) is 0 Å². The molecular weight excluding hydrogens is 202 g/mol. The van der Waals surface area contributed by atoms with Gasteiger partial charge in [0, 0.05) is 24.1 Å². The molecule has 1 fully saturated rings. The third-order valence-electron chi connectivity index (χ3n) is 3.13. The van der Waals surface area contributed by atoms with Gasteiger partial charge in [-0.15, -0.1) is 0 Å². The van der Waals surface area contributed by atoms with Crippen LogP contribution in [0.15, 0.2) is 0 Å². The van der Waals surface area contributed by atoms with Gasteiger partial charge in [-0.1, -0.05) is 51.9 Å². The topological polar surface area (TPSA) is 12.0 Å². The predicted molar refractivity (Wildman–Crippen MR) is 71.7 cm³/mol. The van der Waals surface area contributed by atoms with E-state index in [1.165, 1.54) is 70.2 Å². The van der Waals surface area contributed by atoms with E-state index in [-0.39, 0.29) is 0 Å². The maximum Gasteiger partial charge on any atom is 0.0172 e. The molecule has 0 amide bonds. The molecule has 1 saturated heterocycles. The highest BCUT2D eigenvalue weighted by Crippen LogP contribution is 2.20. The van der Waals surface area contributed by atoms with Crippen molar-refractivity contribution in [1.29, 1.82) is 0 Å². The number of thioether (sulfide) groups is 1. The van der Waals surface area contributed by atoms with Crippen LogP contribution in [-0.4, -0.2) is 24.1 Å². The number of hydrogen-bond acceptors (Lipinski definition) is 2. The van der Waals surface area contributed by atoms with Gasteiger partial charge in [-0.3, -0.25) is 0 Å². The van der Waals surface area contributed by atoms with Crippen LogP contribution in [0.5, 0.6) is 0 Å². The lowest BCUT2D eigenvalue weighted by Crippen LogP contribution is -2.32. The maximum atomic E-state index is 3.48. The van der Waals surface area contributed by atoms with Crippen molar-refractivity contribution in [3.63, 3.8) is 0 Å². The van der Waals surface area contributed by atoms with Crippen molar-refractivity contribution in [2.45, 2.75) is 63.5 Å². The van der Waals surface area contributed by atoms with Gasteiger partial charge in [-0.05, 0) is 6.42 Å². The smallest absolute Gasteiger partial charge is 0.0172 e. The van der Waals surface area contributed by atoms with E-state index in [2.05, 4.69) is 24.0 Å². The minimum Gasteiger partial charge on any atom is -0.315 e. The summed E-state index contributed by atoms with van der Waals surface area (Å²) in [6.45, 7) is 4.76. The van der Waals surface area contributed by atoms with Gasteiger partial charge in [0.2, 0.25) is 0 Å². The summed E-state index contributed by atoms with van der Waals surface area (Å²) in [5.41, 5.74) is 0. The second-order valence-electron chi connectivity index (χ2n) is 4.61. The van der Waals surface area contributed by atoms with E-state index in [1.807, 2.05) is 0 Å². The zero-order valence-corrected chi connectivity index (χ0v) is 11.1. The van der Waals surface area contributed by atoms with Crippen LogP contribution in [0.1, 0.15) is 58.3 Å². The van der Waals surface area contributed by atoms with Crippen LogP contribution in [-0.2, 0) is 0 Å². The van der Waals surface area contributed by atoms with Crippen molar-refractivity contribution in [2.75, 3.05) is 18.8 Å². The van der Waals surface area contributed by atoms with E-state index in [0.29, 0.717) is 0 Å². The van der Waals surface area contributed by atoms with Crippen molar-refractivity contribution in [1.82, 2.24) is 5.32 Å². The molecule has 90 valence electrons. The SMILES string of the molecule is CCCCCCCCCC1CNCCS1. The van der Waals surface area contributed by atoms with Gasteiger partial charge in [-0.2, -0.15) is 11.8 Å². The summed E-state index contributed by atoms with van der Waals surface area (Å²) in [5, 5.41) is 4.39. The molecule has 0 aromatic heterocycles. The molecule has 0 spiro atoms. The highest BCUT2D eigenvalue weighted by atomic mass is 32.2. The second kappa shape index (κ2) is 9.53. The molecule has 1 aliphatic rings. The molecule has 0 saturated carbocycles. The molecule has 0 aliphatic carbocycles. The zero-order chi connectivity index (χ0) is 10.8. The van der Waals surface area contributed by atoms with Crippen LogP contribution in [0.25, 0.3) is 0 Å². The third kappa shape index (κ3) is 7.24. The molecule has 1 unspecified atom stereocenters. The van der Waals surface area contributed by atoms with Gasteiger partial charge >= 0.3 is 0 Å². The van der Waals surface area contributed by atoms with Crippen LogP contribution in [0.2, 0.25) is 0 Å². The second-order valence-corrected chi connectivity index (χ2v) is 6.02. The largest absolute Gasteiger partial charge is 0.315 e. The third-order valence-corrected chi connectivity index (χ3v) is 4.45. The van der Waals surface area contributed by atoms with Crippen molar-refractivity contribution in [3.05, 3.63) is 0 Å². The Morgan fingerprint density at radius 2 is 1.80 bits per heavy atom. The number of unbranched alkanes of at least 4 members (excludes halogenated alkanes) is 6. The van der Waals surface area contributed by atoms with Crippen molar-refractivity contribution in [2.24, 2.45) is 0 Å². The van der Waals surface area contributed by atoms with E-state index in [1.54, 1.807) is 0 Å². The molecule has 1 atom stereocenters. The van der Waals surface area contributed by atoms with E-state index in [0.717, 1.165) is 5.25 Å². The van der Waals surface area contributed by atoms with Gasteiger partial charge in [-0.25, -0.2) is 0 Å². The lowest BCUT2D eigenvalue weighted by molar-refractivity contribution is 0.554. The van der Waals surface area contributed by atoms with E-state index < -0.39 is 0 Å². The molecule has 0 aromatic rings. The fourth-order valence-corrected chi connectivity index (χ4v) is 3.30. The van der Waals surface area contributed by atoms with E-state index >= 15 is 0 Å². The first-order valence-corrected chi connectivity index (χ1v) is 7.80. The van der Waals surface area contributed by atoms with Crippen LogP contribution < -0.4 is 5.32 Å². The molecule has 1 N–H and O–H groups in total. The van der Waals surface area contributed by atoms with Crippen LogP contribution >= 0.6 is 11.8 Å². The van der Waals surface area contributed by atoms with Gasteiger partial charge in [0.1, 0.15) is 0 Å². The van der Waals surface area contributed by atoms with Crippen LogP contribution in [0.4, 0.5) is 0 Å². The normalized spacial score (nSPS) is 21.8. The van der Waals surface area contributed by atoms with Gasteiger partial charge in [0.15, 0.2) is 0 Å². The summed E-state index contributed by atoms with van der Waals surface area (Å²) in [5.74, 6) is 1.32. The molecule has 1 rings (SSSR count). The summed E-state index contributed by atoms with van der Waals surface area (Å²) in [4.78, 5) is 0. The summed E-state index contributed by atoms with van der Waals surface area (Å²) >= 11 is 2.17. The molecule has 2 heteroatoms. The number of hydrogen-bond donors (Lipinski definition) is 1. The summed E-state index contributed by atoms with van der Waals surface area (Å²) in [6, 6.07) is 0. The Morgan fingerprint density at radius 1 is 1.07 bits per heavy atom. The van der Waals surface area contributed by atoms with E-state index in [9.17, 15) is 0 Å². The fourth-order valence-electron chi connectivity index (χ4n) is 2.13. The number of nitrogens with one attached hydrogen (secondary N) is 1. The first-order valence-electron chi connectivity index (χ1n) is 6.76. The lowest BCUT2D eigenvalue weighted by Gasteiger charge is -2.22. The summed E-state index contributed by atoms with van der Waals surface area (Å²) in [7, 11) is 0. The Morgan fingerprint density at radius 3 is 2.47 bits per heavy atom. The molecule has 1 nitrogen and oxygen atoms in total. The molecule has 1 aliphatic heterocycles. The van der Waals surface area contributed by atoms with Gasteiger partial charge in [0.05, 0.1) is 0 Å². The summed E-state index contributed by atoms with van der Waals surface area (Å²) < 4.78 is 0. The molecular formula is C13H27NS. The Labute approximate surface area is 99.8 Å². The van der Waals surface area contributed by atoms with Crippen molar-refractivity contribution >= 4 is 11.8 Å². The van der Waals surface area contributed by atoms with E-state index in [4.69, 9.17) is 0 Å². The molecule has 0 bridgehead atoms. The first kappa shape index (κ1) is 13.4. The zero-order valence-electron chi connectivity index (χ0n) is 10.3. The minimum atomic E-state index is 0.911. The average molecular weight is 229 g/mol. The summed E-state index contributed by atoms with van der Waals surface area (Å²) in [6.07, 6.45) is 11.5. The minimum absolute atomic E-state index is 0.911. The highest BCUT2D eigenvalue weighted by molar-refractivity contribution is 8.00. The average Bonchev–Trinajstić information content (AvgIpc) is 2.29. The molecule has 0 aromatic carbocycles. The monoisotopic (exact) mass is 229 g/mol. The Hall–Kier alpha value is 0.310. The first-order chi connectivity index (χ1) is 7.43. The lowest BCUT2D eigenvalue weighted by atomic mass is 10.1. The standard InChI is InChI=1S/C13H27NS/c1-2-3-4-5-6-7-8-9-13-12-14-10-11-15-13/h13-14H,2-12H2,1H3. The molecule has 15 heavy (non-hydrogen) atoms. The Bertz CT molecular complexity index is 132. The van der Waals surface area contributed by atoms with Crippen LogP contribution in [0, 0.1) is 0 Å². The number of rotatable bonds is 8. The Kier molecular flexibility index (Phi) is 8.50. The van der Waals surface area contributed by atoms with Crippen LogP contribution in [0.3, 0.4) is 0 Å². The van der Waals surface area contributed by atoms with Crippen molar-refractivity contribution < 1.29 is 0 Å². The quantitative estimate of drug-likeness (QED) is 0.635. The predicted octanol–water partition coefficient (Wildman–Crippen LogP) is 3.83. The highest BCUT2D eigenvalue weighted by Gasteiger charge is 2.12. The maximum absolute atomic E-state index is 3.48. The van der Waals surface area contributed by atoms with Gasteiger partial charge < -0.3 is 5.32 Å².